The molecule has 7 heteroatoms. The molecular formula is C17H9BrF2N2OS. The molecule has 0 aliphatic carbocycles. The van der Waals surface area contributed by atoms with Crippen LogP contribution in [0, 0.1) is 23.0 Å². The lowest BCUT2D eigenvalue weighted by Crippen LogP contribution is -1.92. The van der Waals surface area contributed by atoms with Crippen LogP contribution in [0.4, 0.5) is 8.78 Å². The van der Waals surface area contributed by atoms with Crippen LogP contribution in [0.2, 0.25) is 0 Å². The van der Waals surface area contributed by atoms with E-state index in [0.29, 0.717) is 27.1 Å². The highest BCUT2D eigenvalue weighted by atomic mass is 79.9. The number of halogens is 3. The molecule has 3 aromatic rings. The highest BCUT2D eigenvalue weighted by Crippen LogP contribution is 2.35. The summed E-state index contributed by atoms with van der Waals surface area (Å²) >= 11 is 4.57. The van der Waals surface area contributed by atoms with Crippen LogP contribution < -0.4 is 0 Å². The molecule has 0 spiro atoms. The molecule has 1 aromatic heterocycles. The third-order valence-electron chi connectivity index (χ3n) is 3.40. The predicted molar refractivity (Wildman–Crippen MR) is 91.7 cm³/mol. The molecule has 0 amide bonds. The second-order valence-corrected chi connectivity index (χ2v) is 6.76. The number of hydrogen-bond donors (Lipinski definition) is 1. The number of aromatic hydroxyl groups is 1. The van der Waals surface area contributed by atoms with E-state index in [-0.39, 0.29) is 11.4 Å². The largest absolute Gasteiger partial charge is 0.492 e. The number of pyridine rings is 1. The van der Waals surface area contributed by atoms with Crippen molar-refractivity contribution in [2.45, 2.75) is 10.8 Å². The number of thioether (sulfide) groups is 1. The maximum absolute atomic E-state index is 13.6. The first-order chi connectivity index (χ1) is 11.5. The fraction of sp³-hybridized carbons (Fsp3) is 0.0588. The van der Waals surface area contributed by atoms with E-state index in [1.807, 2.05) is 6.07 Å². The number of nitrogens with zero attached hydrogens (tertiary/aromatic N) is 2. The Bertz CT molecular complexity index is 988. The van der Waals surface area contributed by atoms with Gasteiger partial charge in [-0.15, -0.1) is 11.8 Å². The van der Waals surface area contributed by atoms with Crippen LogP contribution in [-0.2, 0) is 5.75 Å². The van der Waals surface area contributed by atoms with E-state index in [1.165, 1.54) is 42.1 Å². The summed E-state index contributed by atoms with van der Waals surface area (Å²) in [5, 5.41) is 20.3. The molecule has 0 aliphatic rings. The summed E-state index contributed by atoms with van der Waals surface area (Å²) in [4.78, 5) is 4.00. The van der Waals surface area contributed by atoms with Crippen molar-refractivity contribution in [1.29, 1.82) is 5.26 Å². The van der Waals surface area contributed by atoms with Gasteiger partial charge in [-0.2, -0.15) is 5.26 Å². The Morgan fingerprint density at radius 1 is 1.12 bits per heavy atom. The van der Waals surface area contributed by atoms with Crippen LogP contribution in [0.15, 0.2) is 45.9 Å². The van der Waals surface area contributed by atoms with Gasteiger partial charge in [0.25, 0.3) is 0 Å². The first kappa shape index (κ1) is 16.7. The molecule has 0 radical (unpaired) electrons. The molecule has 0 fully saturated rings. The van der Waals surface area contributed by atoms with Crippen molar-refractivity contribution in [3.8, 4) is 11.9 Å². The summed E-state index contributed by atoms with van der Waals surface area (Å²) in [5.74, 6) is -0.868. The van der Waals surface area contributed by atoms with Gasteiger partial charge in [-0.25, -0.2) is 13.8 Å². The van der Waals surface area contributed by atoms with Crippen LogP contribution in [0.3, 0.4) is 0 Å². The third-order valence-corrected chi connectivity index (χ3v) is 5.21. The van der Waals surface area contributed by atoms with Gasteiger partial charge < -0.3 is 5.11 Å². The van der Waals surface area contributed by atoms with Crippen LogP contribution in [-0.4, -0.2) is 10.1 Å². The molecule has 120 valence electrons. The topological polar surface area (TPSA) is 56.9 Å². The molecule has 0 saturated carbocycles. The van der Waals surface area contributed by atoms with Gasteiger partial charge in [0.1, 0.15) is 28.3 Å². The molecule has 1 heterocycles. The lowest BCUT2D eigenvalue weighted by Gasteiger charge is -2.09. The van der Waals surface area contributed by atoms with Crippen LogP contribution in [0.1, 0.15) is 11.1 Å². The first-order valence-corrected chi connectivity index (χ1v) is 8.56. The van der Waals surface area contributed by atoms with E-state index in [9.17, 15) is 13.9 Å². The van der Waals surface area contributed by atoms with Gasteiger partial charge >= 0.3 is 0 Å². The van der Waals surface area contributed by atoms with Gasteiger partial charge in [0.05, 0.1) is 0 Å². The van der Waals surface area contributed by atoms with E-state index in [4.69, 9.17) is 5.26 Å². The zero-order chi connectivity index (χ0) is 17.3. The van der Waals surface area contributed by atoms with Gasteiger partial charge in [-0.05, 0) is 42.0 Å². The summed E-state index contributed by atoms with van der Waals surface area (Å²) in [7, 11) is 0. The zero-order valence-corrected chi connectivity index (χ0v) is 14.5. The van der Waals surface area contributed by atoms with Gasteiger partial charge in [-0.3, -0.25) is 0 Å². The molecule has 24 heavy (non-hydrogen) atoms. The Hall–Kier alpha value is -2.17. The highest BCUT2D eigenvalue weighted by molar-refractivity contribution is 9.10. The molecule has 1 N–H and O–H groups in total. The quantitative estimate of drug-likeness (QED) is 0.611. The Morgan fingerprint density at radius 3 is 2.58 bits per heavy atom. The summed E-state index contributed by atoms with van der Waals surface area (Å²) in [5.41, 5.74) is 0.705. The van der Waals surface area contributed by atoms with Crippen molar-refractivity contribution < 1.29 is 13.9 Å². The first-order valence-electron chi connectivity index (χ1n) is 6.78. The number of nitriles is 1. The van der Waals surface area contributed by atoms with Crippen LogP contribution >= 0.6 is 27.7 Å². The zero-order valence-electron chi connectivity index (χ0n) is 12.1. The average Bonchev–Trinajstić information content (AvgIpc) is 2.56. The van der Waals surface area contributed by atoms with Crippen molar-refractivity contribution in [3.63, 3.8) is 0 Å². The van der Waals surface area contributed by atoms with Crippen molar-refractivity contribution in [1.82, 2.24) is 4.98 Å². The number of hydrogen-bond acceptors (Lipinski definition) is 4. The molecule has 3 nitrogen and oxygen atoms in total. The van der Waals surface area contributed by atoms with Crippen molar-refractivity contribution in [2.24, 2.45) is 0 Å². The molecule has 0 saturated heterocycles. The van der Waals surface area contributed by atoms with E-state index in [1.54, 1.807) is 6.07 Å². The Balaban J connectivity index is 2.05. The summed E-state index contributed by atoms with van der Waals surface area (Å²) < 4.78 is 27.7. The second kappa shape index (κ2) is 6.75. The minimum Gasteiger partial charge on any atom is -0.492 e. The lowest BCUT2D eigenvalue weighted by molar-refractivity contribution is 0.448. The lowest BCUT2D eigenvalue weighted by atomic mass is 10.1. The Labute approximate surface area is 149 Å². The predicted octanol–water partition coefficient (Wildman–Crippen LogP) is 5.15. The fourth-order valence-corrected chi connectivity index (χ4v) is 3.84. The van der Waals surface area contributed by atoms with Gasteiger partial charge in [0.2, 0.25) is 5.88 Å². The van der Waals surface area contributed by atoms with Crippen molar-refractivity contribution >= 4 is 38.5 Å². The van der Waals surface area contributed by atoms with Gasteiger partial charge in [0.15, 0.2) is 0 Å². The Morgan fingerprint density at radius 2 is 1.83 bits per heavy atom. The minimum absolute atomic E-state index is 0.00119. The summed E-state index contributed by atoms with van der Waals surface area (Å²) in [6.07, 6.45) is 0. The van der Waals surface area contributed by atoms with E-state index >= 15 is 0 Å². The number of benzene rings is 2. The second-order valence-electron chi connectivity index (χ2n) is 4.94. The molecule has 0 atom stereocenters. The SMILES string of the molecule is N#Cc1c(O)nc(SCc2cc(F)ccc2Br)c2cc(F)ccc12. The van der Waals surface area contributed by atoms with E-state index in [0.717, 1.165) is 4.47 Å². The normalized spacial score (nSPS) is 10.8. The van der Waals surface area contributed by atoms with E-state index in [2.05, 4.69) is 20.9 Å². The minimum atomic E-state index is -0.465. The van der Waals surface area contributed by atoms with E-state index < -0.39 is 11.7 Å². The van der Waals surface area contributed by atoms with Crippen LogP contribution in [0.25, 0.3) is 10.8 Å². The number of aromatic nitrogens is 1. The highest BCUT2D eigenvalue weighted by Gasteiger charge is 2.15. The standard InChI is InChI=1S/C17H9BrF2N2OS/c18-15-4-2-10(19)5-9(15)8-24-17-13-6-11(20)1-3-12(13)14(7-21)16(23)22-17/h1-6H,8H2,(H,22,23). The van der Waals surface area contributed by atoms with Crippen LogP contribution in [0.5, 0.6) is 5.88 Å². The number of fused-ring (bicyclic) bond motifs is 1. The molecule has 0 unspecified atom stereocenters. The number of rotatable bonds is 3. The average molecular weight is 407 g/mol. The smallest absolute Gasteiger partial charge is 0.230 e. The molecule has 3 rings (SSSR count). The van der Waals surface area contributed by atoms with Crippen molar-refractivity contribution in [3.05, 3.63) is 63.6 Å². The summed E-state index contributed by atoms with van der Waals surface area (Å²) in [6.45, 7) is 0. The molecular weight excluding hydrogens is 398 g/mol. The Kier molecular flexibility index (Phi) is 4.69. The third kappa shape index (κ3) is 3.21. The molecule has 2 aromatic carbocycles. The van der Waals surface area contributed by atoms with Gasteiger partial charge in [-0.1, -0.05) is 15.9 Å². The summed E-state index contributed by atoms with van der Waals surface area (Å²) in [6, 6.07) is 10.1. The van der Waals surface area contributed by atoms with Crippen molar-refractivity contribution in [2.75, 3.05) is 0 Å². The molecule has 0 bridgehead atoms. The molecule has 0 aliphatic heterocycles. The maximum Gasteiger partial charge on any atom is 0.230 e. The van der Waals surface area contributed by atoms with Gasteiger partial charge in [0, 0.05) is 21.0 Å². The maximum atomic E-state index is 13.6. The fourth-order valence-electron chi connectivity index (χ4n) is 2.26. The monoisotopic (exact) mass is 406 g/mol.